The SMILES string of the molecule is C1=Cc2cc3ccc([nH]3)c(-c3cc4ccccc4[nH]3)c3nc(c(-c4cc5ccccc5[nH]4)c4ccc(cc1n2)[nH]4)C=C3. The molecule has 0 atom stereocenters. The highest BCUT2D eigenvalue weighted by Crippen LogP contribution is 2.35. The summed E-state index contributed by atoms with van der Waals surface area (Å²) >= 11 is 0. The van der Waals surface area contributed by atoms with Gasteiger partial charge in [0, 0.05) is 44.0 Å². The van der Waals surface area contributed by atoms with Crippen LogP contribution in [0.25, 0.3) is 90.7 Å². The molecule has 5 aromatic heterocycles. The third-order valence-electron chi connectivity index (χ3n) is 8.00. The summed E-state index contributed by atoms with van der Waals surface area (Å²) in [4.78, 5) is 24.6. The van der Waals surface area contributed by atoms with Gasteiger partial charge in [0.2, 0.25) is 0 Å². The van der Waals surface area contributed by atoms with Crippen LogP contribution in [0, 0.1) is 0 Å². The van der Waals surface area contributed by atoms with E-state index in [0.717, 1.165) is 89.2 Å². The smallest absolute Gasteiger partial charge is 0.0752 e. The first-order valence-electron chi connectivity index (χ1n) is 14.0. The lowest BCUT2D eigenvalue weighted by Crippen LogP contribution is -1.88. The monoisotopic (exact) mass is 540 g/mol. The topological polar surface area (TPSA) is 88.9 Å². The molecule has 0 saturated carbocycles. The molecule has 9 rings (SSSR count). The third-order valence-corrected chi connectivity index (χ3v) is 8.00. The number of aromatic amines is 4. The van der Waals surface area contributed by atoms with Crippen LogP contribution in [0.3, 0.4) is 0 Å². The molecule has 42 heavy (non-hydrogen) atoms. The minimum absolute atomic E-state index is 0.887. The van der Waals surface area contributed by atoms with Crippen molar-refractivity contribution in [1.82, 2.24) is 29.9 Å². The second-order valence-corrected chi connectivity index (χ2v) is 10.7. The molecule has 2 aliphatic rings. The quantitative estimate of drug-likeness (QED) is 0.176. The Bertz CT molecular complexity index is 2190. The lowest BCUT2D eigenvalue weighted by Gasteiger charge is -2.02. The van der Waals surface area contributed by atoms with Crippen LogP contribution in [0.15, 0.2) is 97.1 Å². The Kier molecular flexibility index (Phi) is 4.80. The zero-order valence-electron chi connectivity index (χ0n) is 22.4. The number of hydrogen-bond acceptors (Lipinski definition) is 2. The van der Waals surface area contributed by atoms with E-state index in [1.807, 2.05) is 12.2 Å². The van der Waals surface area contributed by atoms with Crippen molar-refractivity contribution in [2.24, 2.45) is 0 Å². The van der Waals surface area contributed by atoms with E-state index in [9.17, 15) is 0 Å². The highest BCUT2D eigenvalue weighted by molar-refractivity contribution is 5.98. The van der Waals surface area contributed by atoms with Gasteiger partial charge in [0.05, 0.1) is 45.2 Å². The minimum Gasteiger partial charge on any atom is -0.355 e. The molecular weight excluding hydrogens is 516 g/mol. The number of aromatic nitrogens is 6. The molecule has 0 saturated heterocycles. The first kappa shape index (κ1) is 22.9. The number of rotatable bonds is 2. The highest BCUT2D eigenvalue weighted by atomic mass is 14.8. The Morgan fingerprint density at radius 3 is 1.40 bits per heavy atom. The fourth-order valence-electron chi connectivity index (χ4n) is 6.06. The number of nitrogens with zero attached hydrogens (tertiary/aromatic N) is 2. The number of nitrogens with one attached hydrogen (secondary N) is 4. The molecule has 0 spiro atoms. The maximum Gasteiger partial charge on any atom is 0.0752 e. The Labute approximate surface area is 240 Å². The van der Waals surface area contributed by atoms with Crippen LogP contribution in [0.2, 0.25) is 0 Å². The molecule has 7 heterocycles. The molecule has 4 N–H and O–H groups in total. The van der Waals surface area contributed by atoms with Gasteiger partial charge in [-0.05, 0) is 85.0 Å². The van der Waals surface area contributed by atoms with E-state index in [1.165, 1.54) is 0 Å². The Morgan fingerprint density at radius 1 is 0.405 bits per heavy atom. The van der Waals surface area contributed by atoms with E-state index < -0.39 is 0 Å². The summed E-state index contributed by atoms with van der Waals surface area (Å²) in [6, 6.07) is 33.7. The molecule has 6 heteroatoms. The summed E-state index contributed by atoms with van der Waals surface area (Å²) in [6.07, 6.45) is 8.32. The van der Waals surface area contributed by atoms with Gasteiger partial charge < -0.3 is 19.9 Å². The van der Waals surface area contributed by atoms with Gasteiger partial charge >= 0.3 is 0 Å². The van der Waals surface area contributed by atoms with E-state index in [1.54, 1.807) is 0 Å². The van der Waals surface area contributed by atoms with Gasteiger partial charge in [0.1, 0.15) is 0 Å². The molecule has 0 aliphatic carbocycles. The zero-order valence-corrected chi connectivity index (χ0v) is 22.4. The van der Waals surface area contributed by atoms with Gasteiger partial charge in [-0.25, -0.2) is 9.97 Å². The van der Waals surface area contributed by atoms with Gasteiger partial charge in [-0.1, -0.05) is 36.4 Å². The molecular formula is C36H24N6. The highest BCUT2D eigenvalue weighted by Gasteiger charge is 2.17. The second kappa shape index (κ2) is 8.81. The van der Waals surface area contributed by atoms with E-state index in [4.69, 9.17) is 9.97 Å². The van der Waals surface area contributed by atoms with Crippen LogP contribution in [-0.2, 0) is 0 Å². The van der Waals surface area contributed by atoms with Crippen LogP contribution >= 0.6 is 0 Å². The van der Waals surface area contributed by atoms with Gasteiger partial charge in [-0.2, -0.15) is 0 Å². The Balaban J connectivity index is 1.42. The minimum atomic E-state index is 0.887. The van der Waals surface area contributed by atoms with Crippen molar-refractivity contribution < 1.29 is 0 Å². The molecule has 6 nitrogen and oxygen atoms in total. The first-order chi connectivity index (χ1) is 20.7. The molecule has 0 amide bonds. The maximum absolute atomic E-state index is 5.29. The Morgan fingerprint density at radius 2 is 0.905 bits per heavy atom. The summed E-state index contributed by atoms with van der Waals surface area (Å²) in [5, 5.41) is 2.32. The second-order valence-electron chi connectivity index (χ2n) is 10.7. The predicted octanol–water partition coefficient (Wildman–Crippen LogP) is 8.95. The molecule has 7 aromatic rings. The molecule has 2 aromatic carbocycles. The van der Waals surface area contributed by atoms with Crippen LogP contribution in [0.4, 0.5) is 0 Å². The number of H-pyrrole nitrogens is 4. The number of benzene rings is 2. The largest absolute Gasteiger partial charge is 0.355 e. The lowest BCUT2D eigenvalue weighted by molar-refractivity contribution is 1.30. The predicted molar refractivity (Wildman–Crippen MR) is 173 cm³/mol. The van der Waals surface area contributed by atoms with Crippen molar-refractivity contribution in [3.8, 4) is 22.5 Å². The average molecular weight is 541 g/mol. The van der Waals surface area contributed by atoms with Gasteiger partial charge in [0.15, 0.2) is 0 Å². The number of para-hydroxylation sites is 2. The van der Waals surface area contributed by atoms with E-state index in [2.05, 4.69) is 129 Å². The van der Waals surface area contributed by atoms with Gasteiger partial charge in [0.25, 0.3) is 0 Å². The summed E-state index contributed by atoms with van der Waals surface area (Å²) in [5.41, 5.74) is 13.7. The maximum atomic E-state index is 5.29. The first-order valence-corrected chi connectivity index (χ1v) is 14.0. The van der Waals surface area contributed by atoms with Crippen LogP contribution in [-0.4, -0.2) is 29.9 Å². The molecule has 0 radical (unpaired) electrons. The van der Waals surface area contributed by atoms with Gasteiger partial charge in [-0.15, -0.1) is 0 Å². The van der Waals surface area contributed by atoms with Crippen LogP contribution < -0.4 is 0 Å². The van der Waals surface area contributed by atoms with Crippen molar-refractivity contribution in [3.63, 3.8) is 0 Å². The zero-order chi connectivity index (χ0) is 27.6. The van der Waals surface area contributed by atoms with Crippen molar-refractivity contribution in [1.29, 1.82) is 0 Å². The fraction of sp³-hybridized carbons (Fsp3) is 0. The van der Waals surface area contributed by atoms with Crippen LogP contribution in [0.5, 0.6) is 0 Å². The average Bonchev–Trinajstić information content (AvgIpc) is 3.83. The standard InChI is InChI=1S/C36H24N6/c1-3-7-27-21(5-1)17-33(40-27)35-29-13-11-25(38-29)19-23-9-10-24(37-23)20-26-12-14-30(39-26)36(32-16-15-31(35)42-32)34-18-22-6-2-4-8-28(22)41-34/h1-20,38-41H. The molecule has 0 unspecified atom stereocenters. The number of hydrogen-bond donors (Lipinski definition) is 4. The van der Waals surface area contributed by atoms with Gasteiger partial charge in [-0.3, -0.25) is 0 Å². The summed E-state index contributed by atoms with van der Waals surface area (Å²) in [5.74, 6) is 0. The van der Waals surface area contributed by atoms with Crippen molar-refractivity contribution in [3.05, 3.63) is 120 Å². The normalized spacial score (nSPS) is 12.6. The van der Waals surface area contributed by atoms with Crippen molar-refractivity contribution in [2.45, 2.75) is 0 Å². The summed E-state index contributed by atoms with van der Waals surface area (Å²) in [6.45, 7) is 0. The Hall–Kier alpha value is -5.88. The summed E-state index contributed by atoms with van der Waals surface area (Å²) < 4.78 is 0. The molecule has 198 valence electrons. The fourth-order valence-corrected chi connectivity index (χ4v) is 6.06. The van der Waals surface area contributed by atoms with E-state index in [0.29, 0.717) is 0 Å². The molecule has 2 aliphatic heterocycles. The third kappa shape index (κ3) is 3.73. The molecule has 0 fully saturated rings. The lowest BCUT2D eigenvalue weighted by atomic mass is 10.1. The van der Waals surface area contributed by atoms with E-state index >= 15 is 0 Å². The molecule has 8 bridgehead atoms. The van der Waals surface area contributed by atoms with Crippen molar-refractivity contribution in [2.75, 3.05) is 0 Å². The number of fused-ring (bicyclic) bond motifs is 10. The van der Waals surface area contributed by atoms with Crippen molar-refractivity contribution >= 4 is 68.2 Å². The van der Waals surface area contributed by atoms with E-state index in [-0.39, 0.29) is 0 Å². The summed E-state index contributed by atoms with van der Waals surface area (Å²) in [7, 11) is 0. The van der Waals surface area contributed by atoms with Crippen LogP contribution in [0.1, 0.15) is 22.8 Å².